The van der Waals surface area contributed by atoms with Gasteiger partial charge in [0.25, 0.3) is 5.56 Å². The van der Waals surface area contributed by atoms with E-state index in [1.54, 1.807) is 6.92 Å². The Hall–Kier alpha value is -2.31. The van der Waals surface area contributed by atoms with Crippen LogP contribution in [0.5, 0.6) is 0 Å². The van der Waals surface area contributed by atoms with Crippen LogP contribution in [0.15, 0.2) is 23.1 Å². The molecule has 1 atom stereocenters. The molecular weight excluding hydrogens is 276 g/mol. The maximum Gasteiger partial charge on any atom is 0.347 e. The van der Waals surface area contributed by atoms with E-state index in [0.717, 1.165) is 4.57 Å². The van der Waals surface area contributed by atoms with Crippen molar-refractivity contribution in [1.29, 1.82) is 0 Å². The van der Waals surface area contributed by atoms with E-state index in [-0.39, 0.29) is 18.7 Å². The number of carbonyl (C=O) groups excluding carboxylic acids is 2. The molecular formula is C14H20N2O5. The summed E-state index contributed by atoms with van der Waals surface area (Å²) in [4.78, 5) is 35.1. The number of anilines is 1. The van der Waals surface area contributed by atoms with Crippen LogP contribution in [0.2, 0.25) is 0 Å². The summed E-state index contributed by atoms with van der Waals surface area (Å²) in [5.74, 6) is -1.26. The van der Waals surface area contributed by atoms with Crippen molar-refractivity contribution in [2.24, 2.45) is 0 Å². The number of ether oxygens (including phenoxy) is 2. The van der Waals surface area contributed by atoms with Crippen LogP contribution in [-0.2, 0) is 25.6 Å². The highest BCUT2D eigenvalue weighted by Gasteiger charge is 2.23. The Morgan fingerprint density at radius 3 is 2.67 bits per heavy atom. The first kappa shape index (κ1) is 16.7. The molecule has 0 aliphatic rings. The van der Waals surface area contributed by atoms with Gasteiger partial charge in [0.15, 0.2) is 6.10 Å². The number of rotatable bonds is 7. The van der Waals surface area contributed by atoms with Gasteiger partial charge >= 0.3 is 11.9 Å². The predicted molar refractivity (Wildman–Crippen MR) is 76.5 cm³/mol. The largest absolute Gasteiger partial charge is 0.463 e. The van der Waals surface area contributed by atoms with Gasteiger partial charge in [0, 0.05) is 18.0 Å². The Labute approximate surface area is 122 Å². The molecule has 0 saturated heterocycles. The highest BCUT2D eigenvalue weighted by atomic mass is 16.6. The summed E-state index contributed by atoms with van der Waals surface area (Å²) in [7, 11) is 0. The van der Waals surface area contributed by atoms with E-state index in [9.17, 15) is 14.4 Å². The van der Waals surface area contributed by atoms with Gasteiger partial charge in [-0.1, -0.05) is 13.3 Å². The lowest BCUT2D eigenvalue weighted by Gasteiger charge is -2.16. The third-order valence-electron chi connectivity index (χ3n) is 2.68. The molecule has 0 aromatic carbocycles. The molecule has 0 aliphatic heterocycles. The molecule has 116 valence electrons. The van der Waals surface area contributed by atoms with Crippen molar-refractivity contribution in [3.05, 3.63) is 28.7 Å². The monoisotopic (exact) mass is 296 g/mol. The van der Waals surface area contributed by atoms with Crippen LogP contribution < -0.4 is 11.3 Å². The number of pyridine rings is 1. The van der Waals surface area contributed by atoms with E-state index in [1.807, 2.05) is 6.92 Å². The van der Waals surface area contributed by atoms with E-state index in [4.69, 9.17) is 15.2 Å². The van der Waals surface area contributed by atoms with Crippen LogP contribution >= 0.6 is 0 Å². The highest BCUT2D eigenvalue weighted by molar-refractivity contribution is 5.79. The van der Waals surface area contributed by atoms with Crippen molar-refractivity contribution in [2.75, 3.05) is 12.3 Å². The Bertz CT molecular complexity index is 553. The van der Waals surface area contributed by atoms with E-state index in [2.05, 4.69) is 0 Å². The van der Waals surface area contributed by atoms with Gasteiger partial charge in [-0.15, -0.1) is 0 Å². The lowest BCUT2D eigenvalue weighted by Crippen LogP contribution is -2.32. The van der Waals surface area contributed by atoms with Crippen molar-refractivity contribution in [3.8, 4) is 0 Å². The first-order valence-corrected chi connectivity index (χ1v) is 6.80. The first-order valence-electron chi connectivity index (χ1n) is 6.80. The normalized spacial score (nSPS) is 11.7. The number of nitrogen functional groups attached to an aromatic ring is 1. The SMILES string of the molecule is CCCC(OC(=O)Cn1cc(N)ccc1=O)C(=O)OCC. The quantitative estimate of drug-likeness (QED) is 0.743. The molecule has 1 unspecified atom stereocenters. The zero-order valence-electron chi connectivity index (χ0n) is 12.2. The van der Waals surface area contributed by atoms with E-state index < -0.39 is 18.0 Å². The molecule has 0 radical (unpaired) electrons. The number of carbonyl (C=O) groups is 2. The highest BCUT2D eigenvalue weighted by Crippen LogP contribution is 2.06. The van der Waals surface area contributed by atoms with Gasteiger partial charge in [-0.05, 0) is 19.4 Å². The second-order valence-corrected chi connectivity index (χ2v) is 4.45. The van der Waals surface area contributed by atoms with E-state index in [0.29, 0.717) is 18.5 Å². The molecule has 0 amide bonds. The third-order valence-corrected chi connectivity index (χ3v) is 2.68. The minimum Gasteiger partial charge on any atom is -0.463 e. The number of nitrogens with zero attached hydrogens (tertiary/aromatic N) is 1. The third kappa shape index (κ3) is 5.29. The van der Waals surface area contributed by atoms with Gasteiger partial charge in [0.2, 0.25) is 0 Å². The van der Waals surface area contributed by atoms with Crippen LogP contribution in [-0.4, -0.2) is 29.2 Å². The average molecular weight is 296 g/mol. The summed E-state index contributed by atoms with van der Waals surface area (Å²) < 4.78 is 11.1. The zero-order chi connectivity index (χ0) is 15.8. The molecule has 0 spiro atoms. The van der Waals surface area contributed by atoms with Gasteiger partial charge in [-0.25, -0.2) is 4.79 Å². The minimum absolute atomic E-state index is 0.214. The first-order chi connectivity index (χ1) is 9.97. The lowest BCUT2D eigenvalue weighted by atomic mass is 10.2. The average Bonchev–Trinajstić information content (AvgIpc) is 2.42. The molecule has 7 nitrogen and oxygen atoms in total. The van der Waals surface area contributed by atoms with Crippen molar-refractivity contribution >= 4 is 17.6 Å². The fraction of sp³-hybridized carbons (Fsp3) is 0.500. The van der Waals surface area contributed by atoms with Crippen molar-refractivity contribution < 1.29 is 19.1 Å². The van der Waals surface area contributed by atoms with E-state index in [1.165, 1.54) is 18.3 Å². The smallest absolute Gasteiger partial charge is 0.347 e. The van der Waals surface area contributed by atoms with Gasteiger partial charge < -0.3 is 19.8 Å². The molecule has 0 aliphatic carbocycles. The van der Waals surface area contributed by atoms with Crippen molar-refractivity contribution in [1.82, 2.24) is 4.57 Å². The second-order valence-electron chi connectivity index (χ2n) is 4.45. The standard InChI is InChI=1S/C14H20N2O5/c1-3-5-11(14(19)20-4-2)21-13(18)9-16-8-10(15)6-7-12(16)17/h6-8,11H,3-5,9,15H2,1-2H3. The topological polar surface area (TPSA) is 101 Å². The molecule has 0 fully saturated rings. The van der Waals surface area contributed by atoms with Crippen LogP contribution in [0.1, 0.15) is 26.7 Å². The maximum atomic E-state index is 11.8. The number of esters is 2. The van der Waals surface area contributed by atoms with Gasteiger partial charge in [-0.2, -0.15) is 0 Å². The van der Waals surface area contributed by atoms with Crippen molar-refractivity contribution in [2.45, 2.75) is 39.3 Å². The summed E-state index contributed by atoms with van der Waals surface area (Å²) in [5, 5.41) is 0. The molecule has 2 N–H and O–H groups in total. The Kier molecular flexibility index (Phi) is 6.45. The van der Waals surface area contributed by atoms with Gasteiger partial charge in [0.1, 0.15) is 6.54 Å². The van der Waals surface area contributed by atoms with Crippen LogP contribution in [0, 0.1) is 0 Å². The summed E-state index contributed by atoms with van der Waals surface area (Å²) >= 11 is 0. The second kappa shape index (κ2) is 8.08. The Balaban J connectivity index is 2.71. The van der Waals surface area contributed by atoms with Crippen LogP contribution in [0.3, 0.4) is 0 Å². The number of aromatic nitrogens is 1. The fourth-order valence-corrected chi connectivity index (χ4v) is 1.73. The number of hydrogen-bond donors (Lipinski definition) is 1. The maximum absolute atomic E-state index is 11.8. The molecule has 0 bridgehead atoms. The summed E-state index contributed by atoms with van der Waals surface area (Å²) in [6.07, 6.45) is 1.44. The molecule has 1 rings (SSSR count). The molecule has 0 saturated carbocycles. The Morgan fingerprint density at radius 1 is 1.33 bits per heavy atom. The van der Waals surface area contributed by atoms with Crippen LogP contribution in [0.25, 0.3) is 0 Å². The molecule has 7 heteroatoms. The van der Waals surface area contributed by atoms with E-state index >= 15 is 0 Å². The van der Waals surface area contributed by atoms with Crippen molar-refractivity contribution in [3.63, 3.8) is 0 Å². The summed E-state index contributed by atoms with van der Waals surface area (Å²) in [6.45, 7) is 3.45. The fourth-order valence-electron chi connectivity index (χ4n) is 1.73. The summed E-state index contributed by atoms with van der Waals surface area (Å²) in [6, 6.07) is 2.71. The molecule has 1 aromatic rings. The van der Waals surface area contributed by atoms with Crippen LogP contribution in [0.4, 0.5) is 5.69 Å². The predicted octanol–water partition coefficient (Wildman–Crippen LogP) is 0.706. The molecule has 1 heterocycles. The Morgan fingerprint density at radius 2 is 2.05 bits per heavy atom. The zero-order valence-corrected chi connectivity index (χ0v) is 12.2. The minimum atomic E-state index is -0.945. The lowest BCUT2D eigenvalue weighted by molar-refractivity contribution is -0.168. The number of hydrogen-bond acceptors (Lipinski definition) is 6. The molecule has 21 heavy (non-hydrogen) atoms. The summed E-state index contributed by atoms with van der Waals surface area (Å²) in [5.41, 5.74) is 5.54. The number of nitrogens with two attached hydrogens (primary N) is 1. The van der Waals surface area contributed by atoms with Gasteiger partial charge in [-0.3, -0.25) is 9.59 Å². The van der Waals surface area contributed by atoms with Gasteiger partial charge in [0.05, 0.1) is 6.61 Å². The molecule has 1 aromatic heterocycles.